The standard InChI is InChI=1S/C21H32N2O3/c1-15(2)16-8-9-17(18(14-16)26-6)19(24)22-10-7-11-23(13-12-22)20(25)21(3,4)5/h8-9,14-15H,7,10-13H2,1-6H3. The second-order valence-electron chi connectivity index (χ2n) is 8.30. The van der Waals surface area contributed by atoms with Crippen LogP contribution in [0.2, 0.25) is 0 Å². The molecule has 0 radical (unpaired) electrons. The molecule has 0 saturated carbocycles. The number of carbonyl (C=O) groups excluding carboxylic acids is 2. The number of ether oxygens (including phenoxy) is 1. The molecule has 0 atom stereocenters. The van der Waals surface area contributed by atoms with Crippen LogP contribution in [0.15, 0.2) is 18.2 Å². The van der Waals surface area contributed by atoms with Gasteiger partial charge in [0.1, 0.15) is 5.75 Å². The van der Waals surface area contributed by atoms with Gasteiger partial charge in [-0.2, -0.15) is 0 Å². The van der Waals surface area contributed by atoms with E-state index in [1.54, 1.807) is 7.11 Å². The summed E-state index contributed by atoms with van der Waals surface area (Å²) in [7, 11) is 1.60. The smallest absolute Gasteiger partial charge is 0.257 e. The van der Waals surface area contributed by atoms with Gasteiger partial charge in [-0.15, -0.1) is 0 Å². The van der Waals surface area contributed by atoms with Crippen LogP contribution < -0.4 is 4.74 Å². The lowest BCUT2D eigenvalue weighted by atomic mass is 9.94. The predicted molar refractivity (Wildman–Crippen MR) is 104 cm³/mol. The largest absolute Gasteiger partial charge is 0.496 e. The molecule has 5 heteroatoms. The predicted octanol–water partition coefficient (Wildman–Crippen LogP) is 3.54. The molecule has 144 valence electrons. The number of rotatable bonds is 3. The molecular formula is C21H32N2O3. The second kappa shape index (κ2) is 8.11. The van der Waals surface area contributed by atoms with Crippen LogP contribution in [-0.4, -0.2) is 54.9 Å². The minimum Gasteiger partial charge on any atom is -0.496 e. The average molecular weight is 360 g/mol. The van der Waals surface area contributed by atoms with Crippen molar-refractivity contribution in [3.8, 4) is 5.75 Å². The molecule has 1 aliphatic heterocycles. The SMILES string of the molecule is COc1cc(C(C)C)ccc1C(=O)N1CCCN(C(=O)C(C)(C)C)CC1. The zero-order valence-corrected chi connectivity index (χ0v) is 17.0. The molecule has 0 spiro atoms. The number of carbonyl (C=O) groups is 2. The Morgan fingerprint density at radius 2 is 1.65 bits per heavy atom. The topological polar surface area (TPSA) is 49.9 Å². The third-order valence-corrected chi connectivity index (χ3v) is 4.83. The Labute approximate surface area is 157 Å². The number of nitrogens with zero attached hydrogens (tertiary/aromatic N) is 2. The van der Waals surface area contributed by atoms with Gasteiger partial charge in [0.05, 0.1) is 12.7 Å². The first-order valence-corrected chi connectivity index (χ1v) is 9.41. The summed E-state index contributed by atoms with van der Waals surface area (Å²) in [6.07, 6.45) is 0.792. The van der Waals surface area contributed by atoms with Gasteiger partial charge in [-0.3, -0.25) is 9.59 Å². The van der Waals surface area contributed by atoms with Gasteiger partial charge in [-0.1, -0.05) is 40.7 Å². The molecule has 2 amide bonds. The molecule has 1 aromatic rings. The number of hydrogen-bond acceptors (Lipinski definition) is 3. The van der Waals surface area contributed by atoms with Crippen molar-refractivity contribution in [2.45, 2.75) is 47.0 Å². The van der Waals surface area contributed by atoms with Crippen LogP contribution in [0.1, 0.15) is 62.9 Å². The molecule has 0 aromatic heterocycles. The highest BCUT2D eigenvalue weighted by atomic mass is 16.5. The van der Waals surface area contributed by atoms with E-state index < -0.39 is 5.41 Å². The van der Waals surface area contributed by atoms with Gasteiger partial charge >= 0.3 is 0 Å². The fourth-order valence-corrected chi connectivity index (χ4v) is 3.21. The first kappa shape index (κ1) is 20.3. The minimum absolute atomic E-state index is 0.0257. The maximum atomic E-state index is 13.0. The zero-order chi connectivity index (χ0) is 19.5. The van der Waals surface area contributed by atoms with Crippen molar-refractivity contribution >= 4 is 11.8 Å². The molecule has 1 aromatic carbocycles. The first-order valence-electron chi connectivity index (χ1n) is 9.41. The highest BCUT2D eigenvalue weighted by Crippen LogP contribution is 2.26. The fraction of sp³-hybridized carbons (Fsp3) is 0.619. The summed E-state index contributed by atoms with van der Waals surface area (Å²) >= 11 is 0. The Kier molecular flexibility index (Phi) is 6.32. The minimum atomic E-state index is -0.394. The third-order valence-electron chi connectivity index (χ3n) is 4.83. The van der Waals surface area contributed by atoms with E-state index in [2.05, 4.69) is 13.8 Å². The van der Waals surface area contributed by atoms with E-state index in [1.807, 2.05) is 48.8 Å². The van der Waals surface area contributed by atoms with E-state index in [4.69, 9.17) is 4.74 Å². The molecule has 0 bridgehead atoms. The van der Waals surface area contributed by atoms with E-state index in [0.717, 1.165) is 12.0 Å². The lowest BCUT2D eigenvalue weighted by molar-refractivity contribution is -0.139. The monoisotopic (exact) mass is 360 g/mol. The van der Waals surface area contributed by atoms with Crippen LogP contribution in [0.4, 0.5) is 0 Å². The molecule has 1 aliphatic rings. The molecule has 1 heterocycles. The molecule has 1 fully saturated rings. The van der Waals surface area contributed by atoms with Gasteiger partial charge < -0.3 is 14.5 Å². The van der Waals surface area contributed by atoms with Crippen molar-refractivity contribution < 1.29 is 14.3 Å². The number of amides is 2. The van der Waals surface area contributed by atoms with Gasteiger partial charge in [0.15, 0.2) is 0 Å². The summed E-state index contributed by atoms with van der Waals surface area (Å²) in [5.41, 5.74) is 1.35. The summed E-state index contributed by atoms with van der Waals surface area (Å²) in [6.45, 7) is 12.5. The fourth-order valence-electron chi connectivity index (χ4n) is 3.21. The quantitative estimate of drug-likeness (QED) is 0.828. The van der Waals surface area contributed by atoms with Gasteiger partial charge in [0.25, 0.3) is 5.91 Å². The molecule has 0 N–H and O–H groups in total. The number of benzene rings is 1. The van der Waals surface area contributed by atoms with Crippen LogP contribution in [0.3, 0.4) is 0 Å². The number of hydrogen-bond donors (Lipinski definition) is 0. The molecule has 26 heavy (non-hydrogen) atoms. The summed E-state index contributed by atoms with van der Waals surface area (Å²) in [4.78, 5) is 29.3. The summed E-state index contributed by atoms with van der Waals surface area (Å²) in [5, 5.41) is 0. The van der Waals surface area contributed by atoms with Crippen molar-refractivity contribution in [2.24, 2.45) is 5.41 Å². The maximum Gasteiger partial charge on any atom is 0.257 e. The Bertz CT molecular complexity index is 662. The van der Waals surface area contributed by atoms with Crippen molar-refractivity contribution in [2.75, 3.05) is 33.3 Å². The highest BCUT2D eigenvalue weighted by molar-refractivity contribution is 5.97. The van der Waals surface area contributed by atoms with Gasteiger partial charge in [-0.25, -0.2) is 0 Å². The van der Waals surface area contributed by atoms with E-state index in [9.17, 15) is 9.59 Å². The highest BCUT2D eigenvalue weighted by Gasteiger charge is 2.30. The Balaban J connectivity index is 2.14. The van der Waals surface area contributed by atoms with Crippen molar-refractivity contribution in [3.63, 3.8) is 0 Å². The molecule has 0 unspecified atom stereocenters. The van der Waals surface area contributed by atoms with Gasteiger partial charge in [-0.05, 0) is 30.0 Å². The summed E-state index contributed by atoms with van der Waals surface area (Å²) in [5.74, 6) is 1.11. The summed E-state index contributed by atoms with van der Waals surface area (Å²) in [6, 6.07) is 5.80. The van der Waals surface area contributed by atoms with Crippen LogP contribution in [0.5, 0.6) is 5.75 Å². The van der Waals surface area contributed by atoms with E-state index >= 15 is 0 Å². The van der Waals surface area contributed by atoms with E-state index in [1.165, 1.54) is 0 Å². The molecule has 0 aliphatic carbocycles. The Morgan fingerprint density at radius 1 is 1.04 bits per heavy atom. The van der Waals surface area contributed by atoms with E-state index in [-0.39, 0.29) is 11.8 Å². The summed E-state index contributed by atoms with van der Waals surface area (Å²) < 4.78 is 5.47. The van der Waals surface area contributed by atoms with Crippen molar-refractivity contribution in [1.82, 2.24) is 9.80 Å². The zero-order valence-electron chi connectivity index (χ0n) is 17.0. The van der Waals surface area contributed by atoms with Gasteiger partial charge in [0, 0.05) is 31.6 Å². The average Bonchev–Trinajstić information content (AvgIpc) is 2.85. The first-order chi connectivity index (χ1) is 12.1. The maximum absolute atomic E-state index is 13.0. The lowest BCUT2D eigenvalue weighted by Crippen LogP contribution is -2.42. The van der Waals surface area contributed by atoms with Crippen LogP contribution in [-0.2, 0) is 4.79 Å². The Hall–Kier alpha value is -2.04. The Morgan fingerprint density at radius 3 is 2.23 bits per heavy atom. The molecule has 2 rings (SSSR count). The van der Waals surface area contributed by atoms with Crippen molar-refractivity contribution in [3.05, 3.63) is 29.3 Å². The second-order valence-corrected chi connectivity index (χ2v) is 8.30. The molecule has 5 nitrogen and oxygen atoms in total. The van der Waals surface area contributed by atoms with Crippen LogP contribution >= 0.6 is 0 Å². The van der Waals surface area contributed by atoms with E-state index in [0.29, 0.717) is 43.4 Å². The molecule has 1 saturated heterocycles. The van der Waals surface area contributed by atoms with Crippen LogP contribution in [0, 0.1) is 5.41 Å². The van der Waals surface area contributed by atoms with Crippen LogP contribution in [0.25, 0.3) is 0 Å². The van der Waals surface area contributed by atoms with Gasteiger partial charge in [0.2, 0.25) is 5.91 Å². The molecular weight excluding hydrogens is 328 g/mol. The number of methoxy groups -OCH3 is 1. The third kappa shape index (κ3) is 4.57. The normalized spacial score (nSPS) is 15.8. The van der Waals surface area contributed by atoms with Crippen molar-refractivity contribution in [1.29, 1.82) is 0 Å². The lowest BCUT2D eigenvalue weighted by Gasteiger charge is -2.28.